The molecule has 0 spiro atoms. The average Bonchev–Trinajstić information content (AvgIpc) is 2.76. The van der Waals surface area contributed by atoms with E-state index in [1.54, 1.807) is 21.0 Å². The Morgan fingerprint density at radius 2 is 1.90 bits per heavy atom. The molecule has 3 aliphatic carbocycles. The van der Waals surface area contributed by atoms with Crippen molar-refractivity contribution in [1.82, 2.24) is 10.6 Å². The van der Waals surface area contributed by atoms with Crippen LogP contribution in [0.25, 0.3) is 5.57 Å². The van der Waals surface area contributed by atoms with Crippen LogP contribution in [0.3, 0.4) is 0 Å². The van der Waals surface area contributed by atoms with Crippen LogP contribution >= 0.6 is 0 Å². The number of hydrogen-bond donors (Lipinski definition) is 3. The molecule has 4 rings (SSSR count). The van der Waals surface area contributed by atoms with Gasteiger partial charge in [-0.1, -0.05) is 36.4 Å². The Bertz CT molecular complexity index is 731. The zero-order valence-corrected chi connectivity index (χ0v) is 18.7. The van der Waals surface area contributed by atoms with Crippen LogP contribution < -0.4 is 10.6 Å². The second-order valence-corrected chi connectivity index (χ2v) is 9.35. The number of carbonyl (C=O) groups excluding carboxylic acids is 1. The van der Waals surface area contributed by atoms with Gasteiger partial charge in [0.2, 0.25) is 0 Å². The van der Waals surface area contributed by atoms with Crippen LogP contribution in [0.2, 0.25) is 0 Å². The van der Waals surface area contributed by atoms with Crippen LogP contribution in [-0.2, 0) is 9.53 Å². The van der Waals surface area contributed by atoms with Crippen molar-refractivity contribution in [2.45, 2.75) is 63.6 Å². The van der Waals surface area contributed by atoms with Crippen LogP contribution in [0.5, 0.6) is 0 Å². The fourth-order valence-corrected chi connectivity index (χ4v) is 4.80. The fourth-order valence-electron chi connectivity index (χ4n) is 4.80. The van der Waals surface area contributed by atoms with Gasteiger partial charge in [0, 0.05) is 19.6 Å². The molecule has 2 bridgehead atoms. The number of fused-ring (bicyclic) bond motifs is 2. The number of nitrogens with one attached hydrogen (secondary N) is 2. The summed E-state index contributed by atoms with van der Waals surface area (Å²) in [5.74, 6) is 0.676. The Labute approximate surface area is 181 Å². The molecule has 1 amide bonds. The van der Waals surface area contributed by atoms with E-state index in [9.17, 15) is 9.90 Å². The van der Waals surface area contributed by atoms with E-state index >= 15 is 0 Å². The lowest BCUT2D eigenvalue weighted by Gasteiger charge is -2.48. The van der Waals surface area contributed by atoms with E-state index in [-0.39, 0.29) is 11.8 Å². The molecule has 30 heavy (non-hydrogen) atoms. The van der Waals surface area contributed by atoms with Crippen molar-refractivity contribution in [1.29, 1.82) is 0 Å². The van der Waals surface area contributed by atoms with Gasteiger partial charge in [-0.3, -0.25) is 4.79 Å². The molecule has 0 aromatic heterocycles. The van der Waals surface area contributed by atoms with Gasteiger partial charge in [0.1, 0.15) is 5.60 Å². The number of allylic oxidation sites excluding steroid dienone is 1. The summed E-state index contributed by atoms with van der Waals surface area (Å²) in [5.41, 5.74) is 1.42. The van der Waals surface area contributed by atoms with Gasteiger partial charge in [-0.05, 0) is 82.5 Å². The van der Waals surface area contributed by atoms with Gasteiger partial charge in [-0.15, -0.1) is 0 Å². The van der Waals surface area contributed by atoms with Crippen LogP contribution in [0.15, 0.2) is 36.4 Å². The molecule has 1 saturated carbocycles. The summed E-state index contributed by atoms with van der Waals surface area (Å²) in [6.45, 7) is 5.92. The van der Waals surface area contributed by atoms with Crippen LogP contribution in [0.1, 0.15) is 57.9 Å². The van der Waals surface area contributed by atoms with Crippen molar-refractivity contribution in [2.24, 2.45) is 11.8 Å². The quantitative estimate of drug-likeness (QED) is 0.485. The van der Waals surface area contributed by atoms with Gasteiger partial charge < -0.3 is 20.5 Å². The van der Waals surface area contributed by atoms with Crippen molar-refractivity contribution in [3.05, 3.63) is 42.0 Å². The molecule has 166 valence electrons. The first kappa shape index (κ1) is 23.0. The molecule has 3 atom stereocenters. The maximum Gasteiger partial charge on any atom is 0.251 e. The first-order valence-electron chi connectivity index (χ1n) is 11.4. The van der Waals surface area contributed by atoms with E-state index in [1.165, 1.54) is 17.6 Å². The summed E-state index contributed by atoms with van der Waals surface area (Å²) >= 11 is 0. The zero-order chi connectivity index (χ0) is 21.6. The summed E-state index contributed by atoms with van der Waals surface area (Å²) in [4.78, 5) is 11.9. The Morgan fingerprint density at radius 1 is 1.17 bits per heavy atom. The number of carbonyl (C=O) groups is 1. The Morgan fingerprint density at radius 3 is 2.57 bits per heavy atom. The molecule has 0 saturated heterocycles. The smallest absolute Gasteiger partial charge is 0.251 e. The normalized spacial score (nSPS) is 25.8. The molecular weight excluding hydrogens is 376 g/mol. The highest BCUT2D eigenvalue weighted by Crippen LogP contribution is 2.51. The van der Waals surface area contributed by atoms with E-state index in [2.05, 4.69) is 47.0 Å². The lowest BCUT2D eigenvalue weighted by molar-refractivity contribution is -0.139. The topological polar surface area (TPSA) is 70.6 Å². The predicted octanol–water partition coefficient (Wildman–Crippen LogP) is 3.53. The Hall–Kier alpha value is -1.69. The summed E-state index contributed by atoms with van der Waals surface area (Å²) in [7, 11) is 1.55. The largest absolute Gasteiger partial charge is 0.389 e. The molecule has 0 aliphatic heterocycles. The number of ether oxygens (including phenoxy) is 1. The summed E-state index contributed by atoms with van der Waals surface area (Å²) in [6.07, 6.45) is 8.23. The van der Waals surface area contributed by atoms with Gasteiger partial charge >= 0.3 is 0 Å². The third kappa shape index (κ3) is 5.51. The number of amides is 1. The Balaban J connectivity index is 1.35. The molecule has 0 heterocycles. The molecule has 5 heteroatoms. The highest BCUT2D eigenvalue weighted by Gasteiger charge is 2.45. The number of methoxy groups -OCH3 is 1. The van der Waals surface area contributed by atoms with E-state index in [0.717, 1.165) is 45.2 Å². The lowest BCUT2D eigenvalue weighted by Crippen LogP contribution is -2.46. The molecule has 3 N–H and O–H groups in total. The van der Waals surface area contributed by atoms with Gasteiger partial charge in [-0.2, -0.15) is 0 Å². The van der Waals surface area contributed by atoms with Crippen molar-refractivity contribution in [3.8, 4) is 0 Å². The third-order valence-electron chi connectivity index (χ3n) is 6.88. The molecule has 1 aromatic carbocycles. The zero-order valence-electron chi connectivity index (χ0n) is 18.7. The molecule has 3 aliphatic rings. The minimum atomic E-state index is -0.781. The minimum absolute atomic E-state index is 0.0810. The minimum Gasteiger partial charge on any atom is -0.389 e. The monoisotopic (exact) mass is 414 g/mol. The van der Waals surface area contributed by atoms with Crippen molar-refractivity contribution >= 4 is 11.5 Å². The van der Waals surface area contributed by atoms with E-state index in [0.29, 0.717) is 12.5 Å². The fraction of sp³-hybridized carbons (Fsp3) is 0.640. The second kappa shape index (κ2) is 10.1. The Kier molecular flexibility index (Phi) is 7.72. The highest BCUT2D eigenvalue weighted by molar-refractivity contribution is 5.84. The molecular formula is C25H38N2O3. The first-order valence-corrected chi connectivity index (χ1v) is 11.4. The molecule has 1 fully saturated rings. The number of rotatable bonds is 11. The molecule has 0 unspecified atom stereocenters. The number of aliphatic hydroxyl groups is 1. The maximum atomic E-state index is 11.9. The summed E-state index contributed by atoms with van der Waals surface area (Å²) in [5, 5.41) is 17.6. The summed E-state index contributed by atoms with van der Waals surface area (Å²) < 4.78 is 5.17. The van der Waals surface area contributed by atoms with Crippen molar-refractivity contribution < 1.29 is 14.6 Å². The number of hydrogen-bond acceptors (Lipinski definition) is 4. The van der Waals surface area contributed by atoms with Crippen LogP contribution in [0, 0.1) is 11.8 Å². The van der Waals surface area contributed by atoms with Crippen LogP contribution in [-0.4, -0.2) is 49.0 Å². The van der Waals surface area contributed by atoms with Crippen molar-refractivity contribution in [3.63, 3.8) is 0 Å². The SMILES string of the molecule is COC(C)(C)C(=O)NCCCNCCC[C@@]1(O)C[C@H]2CC[C@@H]1C=C2c1ccccc1. The van der Waals surface area contributed by atoms with Gasteiger partial charge in [0.15, 0.2) is 0 Å². The standard InChI is InChI=1S/C25H38N2O3/c1-24(2,30-3)23(28)27-16-8-15-26-14-7-13-25(29)18-20-11-12-21(25)17-22(20)19-9-5-4-6-10-19/h4-6,9-10,17,20-21,26,29H,7-8,11-16,18H2,1-3H3,(H,27,28)/t20-,21-,25-/m1/s1. The maximum absolute atomic E-state index is 11.9. The molecule has 5 nitrogen and oxygen atoms in total. The third-order valence-corrected chi connectivity index (χ3v) is 6.88. The second-order valence-electron chi connectivity index (χ2n) is 9.35. The van der Waals surface area contributed by atoms with Crippen LogP contribution in [0.4, 0.5) is 0 Å². The molecule has 0 radical (unpaired) electrons. The van der Waals surface area contributed by atoms with E-state index in [4.69, 9.17) is 4.74 Å². The number of benzene rings is 1. The predicted molar refractivity (Wildman–Crippen MR) is 121 cm³/mol. The first-order chi connectivity index (χ1) is 14.4. The van der Waals surface area contributed by atoms with Gasteiger partial charge in [0.25, 0.3) is 5.91 Å². The highest BCUT2D eigenvalue weighted by atomic mass is 16.5. The van der Waals surface area contributed by atoms with E-state index < -0.39 is 11.2 Å². The molecule has 1 aromatic rings. The van der Waals surface area contributed by atoms with E-state index in [1.807, 2.05) is 0 Å². The van der Waals surface area contributed by atoms with Gasteiger partial charge in [0.05, 0.1) is 5.60 Å². The van der Waals surface area contributed by atoms with Crippen molar-refractivity contribution in [2.75, 3.05) is 26.7 Å². The van der Waals surface area contributed by atoms with Gasteiger partial charge in [-0.25, -0.2) is 0 Å². The average molecular weight is 415 g/mol. The lowest BCUT2D eigenvalue weighted by atomic mass is 9.61. The summed E-state index contributed by atoms with van der Waals surface area (Å²) in [6, 6.07) is 10.6.